The molecule has 1 N–H and O–H groups in total. The first-order valence-corrected chi connectivity index (χ1v) is 6.31. The fourth-order valence-electron chi connectivity index (χ4n) is 1.10. The van der Waals surface area contributed by atoms with Crippen LogP contribution in [0.1, 0.15) is 18.9 Å². The molecule has 0 saturated carbocycles. The van der Waals surface area contributed by atoms with Crippen molar-refractivity contribution >= 4 is 17.7 Å². The number of carbonyl (C=O) groups excluding carboxylic acids is 1. The summed E-state index contributed by atoms with van der Waals surface area (Å²) in [4.78, 5) is 17.2. The van der Waals surface area contributed by atoms with Gasteiger partial charge in [0.25, 0.3) is 0 Å². The zero-order chi connectivity index (χ0) is 11.8. The van der Waals surface area contributed by atoms with Crippen LogP contribution in [0.5, 0.6) is 0 Å². The molecule has 0 aliphatic carbocycles. The van der Waals surface area contributed by atoms with E-state index in [-0.39, 0.29) is 5.91 Å². The number of benzene rings is 1. The first-order chi connectivity index (χ1) is 7.72. The highest BCUT2D eigenvalue weighted by Gasteiger charge is 2.01. The Morgan fingerprint density at radius 3 is 2.69 bits per heavy atom. The number of hydrogen-bond acceptors (Lipinski definition) is 3. The molecule has 1 amide bonds. The molecule has 0 unspecified atom stereocenters. The Labute approximate surface area is 101 Å². The van der Waals surface area contributed by atoms with Gasteiger partial charge in [-0.15, -0.1) is 11.8 Å². The van der Waals surface area contributed by atoms with E-state index in [1.165, 1.54) is 10.5 Å². The zero-order valence-electron chi connectivity index (χ0n) is 9.66. The Balaban J connectivity index is 2.20. The molecule has 0 bridgehead atoms. The molecule has 0 saturated heterocycles. The number of thioether (sulfide) groups is 1. The van der Waals surface area contributed by atoms with Gasteiger partial charge in [-0.25, -0.2) is 5.48 Å². The molecule has 1 rings (SSSR count). The second-order valence-corrected chi connectivity index (χ2v) is 4.54. The van der Waals surface area contributed by atoms with Crippen LogP contribution in [0.3, 0.4) is 0 Å². The summed E-state index contributed by atoms with van der Waals surface area (Å²) >= 11 is 1.67. The Morgan fingerprint density at radius 1 is 1.38 bits per heavy atom. The van der Waals surface area contributed by atoms with E-state index in [9.17, 15) is 4.79 Å². The fraction of sp³-hybridized carbons (Fsp3) is 0.417. The number of aryl methyl sites for hydroxylation is 1. The molecule has 1 aromatic carbocycles. The highest BCUT2D eigenvalue weighted by molar-refractivity contribution is 7.99. The van der Waals surface area contributed by atoms with E-state index in [0.29, 0.717) is 13.0 Å². The van der Waals surface area contributed by atoms with E-state index < -0.39 is 0 Å². The second kappa shape index (κ2) is 7.30. The van der Waals surface area contributed by atoms with E-state index in [1.807, 2.05) is 6.92 Å². The lowest BCUT2D eigenvalue weighted by atomic mass is 10.2. The molecule has 0 aliphatic heterocycles. The molecule has 0 fully saturated rings. The quantitative estimate of drug-likeness (QED) is 0.612. The third-order valence-electron chi connectivity index (χ3n) is 1.95. The molecular weight excluding hydrogens is 222 g/mol. The maximum Gasteiger partial charge on any atom is 0.244 e. The summed E-state index contributed by atoms with van der Waals surface area (Å²) in [5.74, 6) is 0.698. The molecule has 0 radical (unpaired) electrons. The van der Waals surface area contributed by atoms with Gasteiger partial charge in [0.1, 0.15) is 0 Å². The van der Waals surface area contributed by atoms with E-state index >= 15 is 0 Å². The van der Waals surface area contributed by atoms with Crippen LogP contribution < -0.4 is 5.48 Å². The summed E-state index contributed by atoms with van der Waals surface area (Å²) in [6, 6.07) is 8.28. The van der Waals surface area contributed by atoms with Gasteiger partial charge < -0.3 is 0 Å². The Morgan fingerprint density at radius 2 is 2.06 bits per heavy atom. The lowest BCUT2D eigenvalue weighted by molar-refractivity contribution is -0.132. The first kappa shape index (κ1) is 13.1. The normalized spacial score (nSPS) is 10.1. The van der Waals surface area contributed by atoms with Gasteiger partial charge in [0.2, 0.25) is 5.91 Å². The number of nitrogens with one attached hydrogen (secondary N) is 1. The van der Waals surface area contributed by atoms with Crippen LogP contribution in [0, 0.1) is 6.92 Å². The van der Waals surface area contributed by atoms with Crippen LogP contribution in [0.2, 0.25) is 0 Å². The Bertz CT molecular complexity index is 324. The lowest BCUT2D eigenvalue weighted by Crippen LogP contribution is -2.23. The van der Waals surface area contributed by atoms with Crippen LogP contribution >= 0.6 is 11.8 Å². The number of amides is 1. The minimum atomic E-state index is -0.0681. The van der Waals surface area contributed by atoms with Gasteiger partial charge >= 0.3 is 0 Å². The summed E-state index contributed by atoms with van der Waals surface area (Å²) in [7, 11) is 0. The molecule has 1 aromatic rings. The average molecular weight is 239 g/mol. The molecule has 4 heteroatoms. The highest BCUT2D eigenvalue weighted by Crippen LogP contribution is 2.18. The SMILES string of the molecule is CCONC(=O)CCSc1ccc(C)cc1. The fourth-order valence-corrected chi connectivity index (χ4v) is 1.95. The van der Waals surface area contributed by atoms with Crippen LogP contribution in [0.4, 0.5) is 0 Å². The molecule has 0 heterocycles. The van der Waals surface area contributed by atoms with Crippen LogP contribution in [0.15, 0.2) is 29.2 Å². The number of rotatable bonds is 6. The van der Waals surface area contributed by atoms with E-state index in [4.69, 9.17) is 4.84 Å². The van der Waals surface area contributed by atoms with Gasteiger partial charge in [0.05, 0.1) is 6.61 Å². The molecular formula is C12H17NO2S. The maximum atomic E-state index is 11.2. The van der Waals surface area contributed by atoms with Gasteiger partial charge in [0.15, 0.2) is 0 Å². The van der Waals surface area contributed by atoms with Crippen molar-refractivity contribution in [3.05, 3.63) is 29.8 Å². The third-order valence-corrected chi connectivity index (χ3v) is 2.96. The van der Waals surface area contributed by atoms with E-state index in [2.05, 4.69) is 36.7 Å². The van der Waals surface area contributed by atoms with Crippen LogP contribution in [-0.4, -0.2) is 18.3 Å². The van der Waals surface area contributed by atoms with Gasteiger partial charge in [-0.2, -0.15) is 0 Å². The molecule has 0 aromatic heterocycles. The minimum absolute atomic E-state index is 0.0681. The number of hydrogen-bond donors (Lipinski definition) is 1. The molecule has 16 heavy (non-hydrogen) atoms. The lowest BCUT2D eigenvalue weighted by Gasteiger charge is -2.04. The van der Waals surface area contributed by atoms with E-state index in [1.54, 1.807) is 11.8 Å². The molecule has 88 valence electrons. The number of carbonyl (C=O) groups is 1. The number of hydroxylamine groups is 1. The molecule has 3 nitrogen and oxygen atoms in total. The summed E-state index contributed by atoms with van der Waals surface area (Å²) in [6.07, 6.45) is 0.471. The van der Waals surface area contributed by atoms with Crippen LogP contribution in [0.25, 0.3) is 0 Å². The van der Waals surface area contributed by atoms with Crippen molar-refractivity contribution in [3.8, 4) is 0 Å². The van der Waals surface area contributed by atoms with Gasteiger partial charge in [0, 0.05) is 17.1 Å². The van der Waals surface area contributed by atoms with Crippen molar-refractivity contribution in [2.75, 3.05) is 12.4 Å². The summed E-state index contributed by atoms with van der Waals surface area (Å²) < 4.78 is 0. The zero-order valence-corrected chi connectivity index (χ0v) is 10.5. The Kier molecular flexibility index (Phi) is 5.96. The monoisotopic (exact) mass is 239 g/mol. The second-order valence-electron chi connectivity index (χ2n) is 3.37. The van der Waals surface area contributed by atoms with Crippen molar-refractivity contribution in [3.63, 3.8) is 0 Å². The highest BCUT2D eigenvalue weighted by atomic mass is 32.2. The summed E-state index contributed by atoms with van der Waals surface area (Å²) in [6.45, 7) is 4.39. The predicted molar refractivity (Wildman–Crippen MR) is 66.3 cm³/mol. The van der Waals surface area contributed by atoms with Crippen molar-refractivity contribution in [2.24, 2.45) is 0 Å². The van der Waals surface area contributed by atoms with Gasteiger partial charge in [-0.05, 0) is 26.0 Å². The van der Waals surface area contributed by atoms with Gasteiger partial charge in [-0.1, -0.05) is 17.7 Å². The molecule has 0 spiro atoms. The standard InChI is InChI=1S/C12H17NO2S/c1-3-15-13-12(14)8-9-16-11-6-4-10(2)5-7-11/h4-7H,3,8-9H2,1-2H3,(H,13,14). The van der Waals surface area contributed by atoms with Gasteiger partial charge in [-0.3, -0.25) is 9.63 Å². The van der Waals surface area contributed by atoms with Crippen molar-refractivity contribution in [1.29, 1.82) is 0 Å². The summed E-state index contributed by atoms with van der Waals surface area (Å²) in [5.41, 5.74) is 3.62. The first-order valence-electron chi connectivity index (χ1n) is 5.32. The largest absolute Gasteiger partial charge is 0.274 e. The van der Waals surface area contributed by atoms with E-state index in [0.717, 1.165) is 5.75 Å². The topological polar surface area (TPSA) is 38.3 Å². The van der Waals surface area contributed by atoms with Crippen LogP contribution in [-0.2, 0) is 9.63 Å². The average Bonchev–Trinajstić information content (AvgIpc) is 2.29. The van der Waals surface area contributed by atoms with Crippen molar-refractivity contribution < 1.29 is 9.63 Å². The Hall–Kier alpha value is -1.00. The third kappa shape index (κ3) is 5.19. The predicted octanol–water partition coefficient (Wildman–Crippen LogP) is 2.54. The smallest absolute Gasteiger partial charge is 0.244 e. The minimum Gasteiger partial charge on any atom is -0.274 e. The molecule has 0 atom stereocenters. The van der Waals surface area contributed by atoms with Crippen molar-refractivity contribution in [1.82, 2.24) is 5.48 Å². The van der Waals surface area contributed by atoms with Crippen molar-refractivity contribution in [2.45, 2.75) is 25.2 Å². The molecule has 0 aliphatic rings. The maximum absolute atomic E-state index is 11.2. The summed E-state index contributed by atoms with van der Waals surface area (Å²) in [5, 5.41) is 0.